The van der Waals surface area contributed by atoms with Gasteiger partial charge in [0.05, 0.1) is 37.1 Å². The molecule has 2 aromatic rings. The van der Waals surface area contributed by atoms with Crippen LogP contribution in [-0.2, 0) is 30.8 Å². The molecule has 1 aliphatic rings. The zero-order chi connectivity index (χ0) is 25.3. The summed E-state index contributed by atoms with van der Waals surface area (Å²) in [4.78, 5) is 23.3. The number of ether oxygens (including phenoxy) is 3. The van der Waals surface area contributed by atoms with Crippen molar-refractivity contribution < 1.29 is 41.7 Å². The van der Waals surface area contributed by atoms with Crippen molar-refractivity contribution in [3.8, 4) is 11.5 Å². The number of hydrogen-bond donors (Lipinski definition) is 1. The van der Waals surface area contributed by atoms with Crippen molar-refractivity contribution >= 4 is 27.6 Å². The molecular formula is C23H26FNO8S. The number of carbonyl (C=O) groups is 2. The number of anilines is 1. The monoisotopic (exact) mass is 495 g/mol. The van der Waals surface area contributed by atoms with Crippen molar-refractivity contribution in [1.29, 1.82) is 0 Å². The molecule has 0 aromatic heterocycles. The molecule has 184 valence electrons. The molecule has 0 saturated carbocycles. The Hall–Kier alpha value is -3.34. The second kappa shape index (κ2) is 9.49. The topological polar surface area (TPSA) is 119 Å². The van der Waals surface area contributed by atoms with Crippen LogP contribution in [0.4, 0.5) is 10.1 Å². The Bertz CT molecular complexity index is 1210. The number of benzene rings is 2. The van der Waals surface area contributed by atoms with Crippen molar-refractivity contribution in [2.24, 2.45) is 0 Å². The zero-order valence-corrected chi connectivity index (χ0v) is 20.0. The fraction of sp³-hybridized carbons (Fsp3) is 0.391. The third kappa shape index (κ3) is 5.77. The van der Waals surface area contributed by atoms with Crippen LogP contribution in [0, 0.1) is 5.82 Å². The van der Waals surface area contributed by atoms with Crippen molar-refractivity contribution in [3.63, 3.8) is 0 Å². The minimum absolute atomic E-state index is 0.110. The van der Waals surface area contributed by atoms with E-state index in [1.165, 1.54) is 19.2 Å². The predicted molar refractivity (Wildman–Crippen MR) is 120 cm³/mol. The minimum atomic E-state index is -4.27. The molecule has 2 aromatic carbocycles. The van der Waals surface area contributed by atoms with Gasteiger partial charge in [0.25, 0.3) is 10.0 Å². The third-order valence-electron chi connectivity index (χ3n) is 4.84. The number of carbonyl (C=O) groups excluding carboxylic acids is 1. The van der Waals surface area contributed by atoms with Gasteiger partial charge in [-0.25, -0.2) is 12.8 Å². The molecule has 34 heavy (non-hydrogen) atoms. The molecule has 0 radical (unpaired) electrons. The largest absolute Gasteiger partial charge is 0.494 e. The standard InChI is InChI=1S/C23H26FNO8S/c1-23(2,3)33-22(28)10-14-5-8-19-18(9-14)25(13-15(32-19)11-21(26)27)34(29,30)16-6-7-17(24)20(12-16)31-4/h5-9,12,15H,10-11,13H2,1-4H3,(H,26,27)/t15-/m0/s1. The Kier molecular flexibility index (Phi) is 7.06. The number of carboxylic acids is 1. The lowest BCUT2D eigenvalue weighted by molar-refractivity contribution is -0.154. The van der Waals surface area contributed by atoms with Crippen LogP contribution in [0.5, 0.6) is 11.5 Å². The summed E-state index contributed by atoms with van der Waals surface area (Å²) >= 11 is 0. The van der Waals surface area contributed by atoms with E-state index >= 15 is 0 Å². The lowest BCUT2D eigenvalue weighted by Crippen LogP contribution is -2.44. The lowest BCUT2D eigenvalue weighted by atomic mass is 10.1. The molecule has 1 N–H and O–H groups in total. The molecule has 1 atom stereocenters. The van der Waals surface area contributed by atoms with Crippen LogP contribution >= 0.6 is 0 Å². The summed E-state index contributed by atoms with van der Waals surface area (Å²) in [7, 11) is -3.06. The average Bonchev–Trinajstić information content (AvgIpc) is 2.71. The average molecular weight is 496 g/mol. The summed E-state index contributed by atoms with van der Waals surface area (Å²) in [5.74, 6) is -2.49. The highest BCUT2D eigenvalue weighted by Gasteiger charge is 2.36. The number of aliphatic carboxylic acids is 1. The van der Waals surface area contributed by atoms with E-state index in [0.29, 0.717) is 5.56 Å². The molecule has 0 bridgehead atoms. The molecule has 1 heterocycles. The van der Waals surface area contributed by atoms with E-state index in [1.54, 1.807) is 26.8 Å². The maximum absolute atomic E-state index is 13.9. The van der Waals surface area contributed by atoms with Crippen LogP contribution in [-0.4, -0.2) is 50.8 Å². The summed E-state index contributed by atoms with van der Waals surface area (Å²) in [6, 6.07) is 7.67. The highest BCUT2D eigenvalue weighted by atomic mass is 32.2. The SMILES string of the molecule is COc1cc(S(=O)(=O)N2C[C@H](CC(=O)O)Oc3ccc(CC(=O)OC(C)(C)C)cc32)ccc1F. The normalized spacial score (nSPS) is 15.8. The van der Waals surface area contributed by atoms with Gasteiger partial charge in [0.2, 0.25) is 0 Å². The van der Waals surface area contributed by atoms with Crippen LogP contribution in [0.2, 0.25) is 0 Å². The number of rotatable bonds is 7. The van der Waals surface area contributed by atoms with Crippen molar-refractivity contribution in [1.82, 2.24) is 0 Å². The maximum Gasteiger partial charge on any atom is 0.310 e. The first-order valence-corrected chi connectivity index (χ1v) is 11.8. The Morgan fingerprint density at radius 2 is 1.91 bits per heavy atom. The van der Waals surface area contributed by atoms with Gasteiger partial charge in [0.15, 0.2) is 11.6 Å². The molecule has 0 spiro atoms. The second-order valence-electron chi connectivity index (χ2n) is 8.74. The summed E-state index contributed by atoms with van der Waals surface area (Å²) in [5, 5.41) is 9.20. The molecule has 0 aliphatic carbocycles. The lowest BCUT2D eigenvalue weighted by Gasteiger charge is -2.35. The zero-order valence-electron chi connectivity index (χ0n) is 19.2. The first kappa shape index (κ1) is 25.3. The first-order chi connectivity index (χ1) is 15.8. The third-order valence-corrected chi connectivity index (χ3v) is 6.61. The van der Waals surface area contributed by atoms with Gasteiger partial charge >= 0.3 is 11.9 Å². The smallest absolute Gasteiger partial charge is 0.310 e. The number of hydrogen-bond acceptors (Lipinski definition) is 7. The second-order valence-corrected chi connectivity index (χ2v) is 10.6. The Morgan fingerprint density at radius 1 is 1.21 bits per heavy atom. The summed E-state index contributed by atoms with van der Waals surface area (Å²) in [5.41, 5.74) is -0.0775. The molecule has 1 aliphatic heterocycles. The number of esters is 1. The number of methoxy groups -OCH3 is 1. The Labute approximate surface area is 197 Å². The van der Waals surface area contributed by atoms with E-state index < -0.39 is 45.9 Å². The summed E-state index contributed by atoms with van der Waals surface area (Å²) in [6.45, 7) is 4.91. The first-order valence-electron chi connectivity index (χ1n) is 10.4. The summed E-state index contributed by atoms with van der Waals surface area (Å²) < 4.78 is 57.9. The highest BCUT2D eigenvalue weighted by molar-refractivity contribution is 7.92. The van der Waals surface area contributed by atoms with Crippen LogP contribution in [0.25, 0.3) is 0 Å². The number of nitrogens with zero attached hydrogens (tertiary/aromatic N) is 1. The van der Waals surface area contributed by atoms with Gasteiger partial charge in [-0.1, -0.05) is 6.07 Å². The molecule has 0 fully saturated rings. The van der Waals surface area contributed by atoms with Crippen LogP contribution in [0.15, 0.2) is 41.3 Å². The van der Waals surface area contributed by atoms with E-state index in [0.717, 1.165) is 22.5 Å². The van der Waals surface area contributed by atoms with Gasteiger partial charge < -0.3 is 19.3 Å². The maximum atomic E-state index is 13.9. The Balaban J connectivity index is 2.03. The molecular weight excluding hydrogens is 469 g/mol. The van der Waals surface area contributed by atoms with Gasteiger partial charge in [-0.15, -0.1) is 0 Å². The van der Waals surface area contributed by atoms with Crippen molar-refractivity contribution in [2.75, 3.05) is 18.0 Å². The molecule has 3 rings (SSSR count). The van der Waals surface area contributed by atoms with Gasteiger partial charge in [0, 0.05) is 6.07 Å². The van der Waals surface area contributed by atoms with Crippen molar-refractivity contribution in [2.45, 2.75) is 50.2 Å². The molecule has 11 heteroatoms. The number of sulfonamides is 1. The van der Waals surface area contributed by atoms with Gasteiger partial charge in [-0.05, 0) is 50.6 Å². The fourth-order valence-corrected chi connectivity index (χ4v) is 4.98. The number of carboxylic acid groups (broad SMARTS) is 1. The van der Waals surface area contributed by atoms with E-state index in [4.69, 9.17) is 14.2 Å². The van der Waals surface area contributed by atoms with E-state index in [2.05, 4.69) is 0 Å². The van der Waals surface area contributed by atoms with E-state index in [-0.39, 0.29) is 35.0 Å². The van der Waals surface area contributed by atoms with E-state index in [1.807, 2.05) is 0 Å². The van der Waals surface area contributed by atoms with Crippen LogP contribution in [0.1, 0.15) is 32.8 Å². The molecule has 0 amide bonds. The molecule has 0 saturated heterocycles. The number of fused-ring (bicyclic) bond motifs is 1. The fourth-order valence-electron chi connectivity index (χ4n) is 3.47. The highest BCUT2D eigenvalue weighted by Crippen LogP contribution is 2.39. The molecule has 9 nitrogen and oxygen atoms in total. The van der Waals surface area contributed by atoms with Crippen LogP contribution in [0.3, 0.4) is 0 Å². The molecule has 0 unspecified atom stereocenters. The quantitative estimate of drug-likeness (QED) is 0.582. The van der Waals surface area contributed by atoms with Gasteiger partial charge in [-0.2, -0.15) is 0 Å². The predicted octanol–water partition coefficient (Wildman–Crippen LogP) is 3.15. The van der Waals surface area contributed by atoms with Crippen molar-refractivity contribution in [3.05, 3.63) is 47.8 Å². The van der Waals surface area contributed by atoms with E-state index in [9.17, 15) is 27.5 Å². The van der Waals surface area contributed by atoms with Gasteiger partial charge in [-0.3, -0.25) is 13.9 Å². The Morgan fingerprint density at radius 3 is 2.53 bits per heavy atom. The van der Waals surface area contributed by atoms with Gasteiger partial charge in [0.1, 0.15) is 17.5 Å². The minimum Gasteiger partial charge on any atom is -0.494 e. The summed E-state index contributed by atoms with van der Waals surface area (Å²) in [6.07, 6.45) is -1.50. The number of halogens is 1. The van der Waals surface area contributed by atoms with Crippen LogP contribution < -0.4 is 13.8 Å².